The number of anilines is 1. The summed E-state index contributed by atoms with van der Waals surface area (Å²) in [4.78, 5) is 27.7. The Morgan fingerprint density at radius 3 is 2.50 bits per heavy atom. The first-order chi connectivity index (χ1) is 17.5. The highest BCUT2D eigenvalue weighted by Crippen LogP contribution is 2.35. The molecule has 3 atom stereocenters. The average Bonchev–Trinajstić information content (AvgIpc) is 3.44. The third-order valence-electron chi connectivity index (χ3n) is 7.09. The Balaban J connectivity index is 1.17. The van der Waals surface area contributed by atoms with Gasteiger partial charge < -0.3 is 9.64 Å². The summed E-state index contributed by atoms with van der Waals surface area (Å²) in [6.45, 7) is 11.4. The van der Waals surface area contributed by atoms with E-state index in [-0.39, 0.29) is 5.91 Å². The Labute approximate surface area is 213 Å². The van der Waals surface area contributed by atoms with Crippen LogP contribution >= 0.6 is 0 Å². The molecule has 2 aliphatic heterocycles. The molecule has 0 spiro atoms. The Morgan fingerprint density at radius 1 is 1.00 bits per heavy atom. The number of ether oxygens (including phenoxy) is 1. The van der Waals surface area contributed by atoms with E-state index >= 15 is 0 Å². The van der Waals surface area contributed by atoms with Crippen LogP contribution in [0.3, 0.4) is 0 Å². The second kappa shape index (κ2) is 10.9. The molecule has 5 rings (SSSR count). The normalized spacial score (nSPS) is 20.7. The van der Waals surface area contributed by atoms with Crippen LogP contribution in [0.2, 0.25) is 0 Å². The van der Waals surface area contributed by atoms with E-state index in [0.717, 1.165) is 38.5 Å². The van der Waals surface area contributed by atoms with E-state index < -0.39 is 6.29 Å². The molecule has 3 unspecified atom stereocenters. The molecule has 2 saturated heterocycles. The molecule has 0 aliphatic carbocycles. The van der Waals surface area contributed by atoms with E-state index in [2.05, 4.69) is 76.6 Å². The fraction of sp³-hybridized carbons (Fsp3) is 0.448. The first kappa shape index (κ1) is 24.7. The molecule has 7 nitrogen and oxygen atoms in total. The zero-order valence-electron chi connectivity index (χ0n) is 21.4. The molecule has 36 heavy (non-hydrogen) atoms. The summed E-state index contributed by atoms with van der Waals surface area (Å²) < 4.78 is 5.58. The fourth-order valence-corrected chi connectivity index (χ4v) is 5.37. The average molecular weight is 489 g/mol. The molecule has 1 amide bonds. The van der Waals surface area contributed by atoms with E-state index in [1.165, 1.54) is 16.3 Å². The summed E-state index contributed by atoms with van der Waals surface area (Å²) in [7, 11) is 0. The molecule has 1 N–H and O–H groups in total. The van der Waals surface area contributed by atoms with Gasteiger partial charge in [-0.15, -0.1) is 0 Å². The number of aromatic nitrogens is 1. The van der Waals surface area contributed by atoms with Crippen molar-refractivity contribution in [2.75, 3.05) is 37.7 Å². The molecule has 0 saturated carbocycles. The van der Waals surface area contributed by atoms with Crippen molar-refractivity contribution in [3.63, 3.8) is 0 Å². The third kappa shape index (κ3) is 5.69. The summed E-state index contributed by atoms with van der Waals surface area (Å²) in [5.41, 5.74) is 4.44. The number of hydrogen-bond donors (Lipinski definition) is 1. The minimum absolute atomic E-state index is 0.298. The van der Waals surface area contributed by atoms with Crippen LogP contribution in [0.1, 0.15) is 36.7 Å². The highest BCUT2D eigenvalue weighted by atomic mass is 16.8. The van der Waals surface area contributed by atoms with Crippen LogP contribution in [0.25, 0.3) is 10.8 Å². The maximum absolute atomic E-state index is 12.9. The molecule has 1 aromatic heterocycles. The van der Waals surface area contributed by atoms with Gasteiger partial charge in [-0.2, -0.15) is 0 Å². The molecule has 190 valence electrons. The predicted molar refractivity (Wildman–Crippen MR) is 141 cm³/mol. The number of nitrogens with zero attached hydrogens (tertiary/aromatic N) is 3. The quantitative estimate of drug-likeness (QED) is 0.354. The van der Waals surface area contributed by atoms with Gasteiger partial charge in [0.15, 0.2) is 6.29 Å². The van der Waals surface area contributed by atoms with E-state index in [0.29, 0.717) is 29.9 Å². The van der Waals surface area contributed by atoms with Crippen molar-refractivity contribution in [3.05, 3.63) is 71.9 Å². The smallest absolute Gasteiger partial charge is 0.278 e. The van der Waals surface area contributed by atoms with Crippen LogP contribution in [-0.4, -0.2) is 54.9 Å². The Morgan fingerprint density at radius 2 is 1.75 bits per heavy atom. The third-order valence-corrected chi connectivity index (χ3v) is 7.09. The predicted octanol–water partition coefficient (Wildman–Crippen LogP) is 4.48. The number of carbonyl (C=O) groups excluding carboxylic acids is 1. The first-order valence-electron chi connectivity index (χ1n) is 12.9. The molecule has 7 heteroatoms. The molecule has 2 fully saturated rings. The van der Waals surface area contributed by atoms with Gasteiger partial charge in [0.25, 0.3) is 5.91 Å². The lowest BCUT2D eigenvalue weighted by Gasteiger charge is -2.24. The number of pyridine rings is 1. The summed E-state index contributed by atoms with van der Waals surface area (Å²) >= 11 is 0. The van der Waals surface area contributed by atoms with Gasteiger partial charge in [0, 0.05) is 38.9 Å². The van der Waals surface area contributed by atoms with Gasteiger partial charge in [-0.1, -0.05) is 50.2 Å². The van der Waals surface area contributed by atoms with Crippen molar-refractivity contribution in [3.8, 4) is 0 Å². The van der Waals surface area contributed by atoms with E-state index in [4.69, 9.17) is 9.57 Å². The second-order valence-corrected chi connectivity index (χ2v) is 10.5. The van der Waals surface area contributed by atoms with Crippen molar-refractivity contribution in [2.45, 2.75) is 33.6 Å². The largest absolute Gasteiger partial charge is 0.355 e. The monoisotopic (exact) mass is 488 g/mol. The number of amides is 1. The summed E-state index contributed by atoms with van der Waals surface area (Å²) in [5.74, 6) is 1.97. The van der Waals surface area contributed by atoms with Crippen molar-refractivity contribution in [1.29, 1.82) is 0 Å². The topological polar surface area (TPSA) is 66.9 Å². The lowest BCUT2D eigenvalue weighted by Crippen LogP contribution is -2.33. The highest BCUT2D eigenvalue weighted by molar-refractivity contribution is 5.98. The number of hydrogen-bond acceptors (Lipinski definition) is 6. The van der Waals surface area contributed by atoms with E-state index in [1.54, 1.807) is 25.3 Å². The van der Waals surface area contributed by atoms with Crippen LogP contribution in [0, 0.1) is 17.8 Å². The van der Waals surface area contributed by atoms with Crippen molar-refractivity contribution >= 4 is 22.5 Å². The first-order valence-corrected chi connectivity index (χ1v) is 12.9. The van der Waals surface area contributed by atoms with Gasteiger partial charge in [0.05, 0.1) is 12.2 Å². The van der Waals surface area contributed by atoms with Gasteiger partial charge in [-0.05, 0) is 59.2 Å². The molecule has 2 aromatic carbocycles. The lowest BCUT2D eigenvalue weighted by atomic mass is 10.0. The minimum atomic E-state index is -0.517. The number of likely N-dealkylation sites (tertiary alicyclic amines) is 1. The number of benzene rings is 2. The van der Waals surface area contributed by atoms with Crippen LogP contribution in [0.5, 0.6) is 0 Å². The zero-order valence-corrected chi connectivity index (χ0v) is 21.4. The molecule has 2 aliphatic rings. The summed E-state index contributed by atoms with van der Waals surface area (Å²) in [5, 5.41) is 2.58. The Hall–Kier alpha value is -3.00. The molecule has 0 bridgehead atoms. The molecule has 3 heterocycles. The standard InChI is InChI=1S/C29H36N4O3/c1-20(2)19-35-21(3)36-31-29(34)27-9-6-12-30-28(27)33-17-25-15-32(16-26(25)18-33)14-22-10-11-23-7-4-5-8-24(23)13-22/h4-13,20-21,25-26H,14-19H2,1-3H3,(H,31,34). The van der Waals surface area contributed by atoms with E-state index in [1.807, 2.05) is 0 Å². The van der Waals surface area contributed by atoms with Crippen molar-refractivity contribution in [1.82, 2.24) is 15.4 Å². The van der Waals surface area contributed by atoms with Gasteiger partial charge in [-0.25, -0.2) is 15.3 Å². The minimum Gasteiger partial charge on any atom is -0.355 e. The summed E-state index contributed by atoms with van der Waals surface area (Å²) in [6, 6.07) is 18.9. The second-order valence-electron chi connectivity index (χ2n) is 10.5. The Kier molecular flexibility index (Phi) is 7.51. The van der Waals surface area contributed by atoms with Gasteiger partial charge in [0.1, 0.15) is 5.82 Å². The van der Waals surface area contributed by atoms with Crippen molar-refractivity contribution < 1.29 is 14.4 Å². The maximum Gasteiger partial charge on any atom is 0.278 e. The van der Waals surface area contributed by atoms with Gasteiger partial charge >= 0.3 is 0 Å². The lowest BCUT2D eigenvalue weighted by molar-refractivity contribution is -0.163. The summed E-state index contributed by atoms with van der Waals surface area (Å²) in [6.07, 6.45) is 1.23. The zero-order chi connectivity index (χ0) is 25.1. The molecule has 0 radical (unpaired) electrons. The maximum atomic E-state index is 12.9. The van der Waals surface area contributed by atoms with Gasteiger partial charge in [-0.3, -0.25) is 9.69 Å². The molecular formula is C29H36N4O3. The van der Waals surface area contributed by atoms with Crippen LogP contribution < -0.4 is 10.4 Å². The Bertz CT molecular complexity index is 1190. The van der Waals surface area contributed by atoms with Gasteiger partial charge in [0.2, 0.25) is 0 Å². The van der Waals surface area contributed by atoms with Crippen LogP contribution in [0.4, 0.5) is 5.82 Å². The van der Waals surface area contributed by atoms with Crippen molar-refractivity contribution in [2.24, 2.45) is 17.8 Å². The van der Waals surface area contributed by atoms with Crippen LogP contribution in [0.15, 0.2) is 60.8 Å². The number of fused-ring (bicyclic) bond motifs is 2. The molecule has 3 aromatic rings. The van der Waals surface area contributed by atoms with Crippen LogP contribution in [-0.2, 0) is 16.1 Å². The SMILES string of the molecule is CC(C)COC(C)ONC(=O)c1cccnc1N1CC2CN(Cc3ccc4ccccc4c3)CC2C1. The molecular weight excluding hydrogens is 452 g/mol. The van der Waals surface area contributed by atoms with E-state index in [9.17, 15) is 4.79 Å². The number of hydroxylamine groups is 1. The fourth-order valence-electron chi connectivity index (χ4n) is 5.37. The highest BCUT2D eigenvalue weighted by Gasteiger charge is 2.41. The number of nitrogens with one attached hydrogen (secondary N) is 1. The number of carbonyl (C=O) groups is 1. The number of rotatable bonds is 9.